The van der Waals surface area contributed by atoms with E-state index >= 15 is 0 Å². The third kappa shape index (κ3) is 10.7. The highest BCUT2D eigenvalue weighted by molar-refractivity contribution is 6.32. The van der Waals surface area contributed by atoms with Crippen LogP contribution in [0.2, 0.25) is 5.02 Å². The number of pyridine rings is 3. The van der Waals surface area contributed by atoms with E-state index in [0.717, 1.165) is 25.7 Å². The van der Waals surface area contributed by atoms with E-state index in [2.05, 4.69) is 39.2 Å². The topological polar surface area (TPSA) is 186 Å². The maximum Gasteiger partial charge on any atom is 0.343 e. The molecule has 0 radical (unpaired) electrons. The molecular formula is C45H52ClN5O8. The maximum absolute atomic E-state index is 12.9. The molecule has 0 saturated heterocycles. The van der Waals surface area contributed by atoms with Crippen LogP contribution in [0.4, 0.5) is 0 Å². The minimum absolute atomic E-state index is 0. The average Bonchev–Trinajstić information content (AvgIpc) is 3.82. The SMILES string of the molecule is C.CCN=CC(C(=O)OCC)=C(O)c1cc(OC2Cc3ccccc3C2)ncc1Cl.CCOC(=O)c1cn(CC)c2cnc(OC3Cc4ccccc4C3)cc2c1=O.N. The van der Waals surface area contributed by atoms with Crippen LogP contribution in [0, 0.1) is 0 Å². The van der Waals surface area contributed by atoms with E-state index in [1.807, 2.05) is 42.7 Å². The fourth-order valence-electron chi connectivity index (χ4n) is 6.91. The molecule has 0 spiro atoms. The van der Waals surface area contributed by atoms with Crippen LogP contribution in [0.1, 0.15) is 73.3 Å². The zero-order valence-electron chi connectivity index (χ0n) is 33.1. The van der Waals surface area contributed by atoms with Gasteiger partial charge in [0.15, 0.2) is 0 Å². The Morgan fingerprint density at radius 2 is 1.36 bits per heavy atom. The molecule has 0 atom stereocenters. The van der Waals surface area contributed by atoms with Crippen molar-refractivity contribution in [3.63, 3.8) is 0 Å². The van der Waals surface area contributed by atoms with Gasteiger partial charge >= 0.3 is 11.9 Å². The predicted octanol–water partition coefficient (Wildman–Crippen LogP) is 8.14. The summed E-state index contributed by atoms with van der Waals surface area (Å²) in [5.41, 5.74) is 5.59. The van der Waals surface area contributed by atoms with Gasteiger partial charge in [0.2, 0.25) is 17.2 Å². The van der Waals surface area contributed by atoms with Crippen LogP contribution in [-0.4, -0.2) is 69.8 Å². The van der Waals surface area contributed by atoms with Gasteiger partial charge in [0.1, 0.15) is 29.1 Å². The smallest absolute Gasteiger partial charge is 0.343 e. The number of carbonyl (C=O) groups is 2. The Hall–Kier alpha value is -6.05. The van der Waals surface area contributed by atoms with Gasteiger partial charge < -0.3 is 34.8 Å². The molecule has 0 bridgehead atoms. The van der Waals surface area contributed by atoms with Crippen molar-refractivity contribution in [2.24, 2.45) is 4.99 Å². The van der Waals surface area contributed by atoms with Crippen LogP contribution in [-0.2, 0) is 46.5 Å². The molecule has 0 aliphatic heterocycles. The third-order valence-corrected chi connectivity index (χ3v) is 9.92. The van der Waals surface area contributed by atoms with Crippen LogP contribution < -0.4 is 21.1 Å². The number of nitrogens with zero attached hydrogens (tertiary/aromatic N) is 4. The van der Waals surface area contributed by atoms with E-state index in [1.54, 1.807) is 32.3 Å². The molecule has 5 aromatic rings. The molecule has 4 N–H and O–H groups in total. The van der Waals surface area contributed by atoms with Crippen molar-refractivity contribution in [1.82, 2.24) is 20.7 Å². The van der Waals surface area contributed by atoms with Crippen molar-refractivity contribution in [1.29, 1.82) is 0 Å². The summed E-state index contributed by atoms with van der Waals surface area (Å²) in [4.78, 5) is 50.0. The summed E-state index contributed by atoms with van der Waals surface area (Å²) >= 11 is 6.23. The van der Waals surface area contributed by atoms with Gasteiger partial charge in [-0.05, 0) is 49.9 Å². The summed E-state index contributed by atoms with van der Waals surface area (Å²) < 4.78 is 24.0. The maximum atomic E-state index is 12.9. The van der Waals surface area contributed by atoms with E-state index in [4.69, 9.17) is 30.5 Å². The molecule has 0 saturated carbocycles. The van der Waals surface area contributed by atoms with Crippen molar-refractivity contribution in [3.8, 4) is 11.8 Å². The molecular weight excluding hydrogens is 774 g/mol. The lowest BCUT2D eigenvalue weighted by Gasteiger charge is -2.14. The van der Waals surface area contributed by atoms with E-state index in [0.29, 0.717) is 35.8 Å². The zero-order valence-corrected chi connectivity index (χ0v) is 33.8. The Balaban J connectivity index is 0.000000252. The van der Waals surface area contributed by atoms with E-state index in [1.165, 1.54) is 40.7 Å². The second-order valence-electron chi connectivity index (χ2n) is 13.4. The van der Waals surface area contributed by atoms with E-state index in [-0.39, 0.29) is 71.9 Å². The Morgan fingerprint density at radius 3 is 1.86 bits per heavy atom. The molecule has 0 fully saturated rings. The summed E-state index contributed by atoms with van der Waals surface area (Å²) in [7, 11) is 0. The van der Waals surface area contributed by atoms with Gasteiger partial charge in [-0.25, -0.2) is 19.6 Å². The number of benzene rings is 2. The van der Waals surface area contributed by atoms with E-state index < -0.39 is 11.9 Å². The first-order chi connectivity index (χ1) is 27.6. The van der Waals surface area contributed by atoms with Gasteiger partial charge in [-0.1, -0.05) is 67.6 Å². The molecule has 312 valence electrons. The summed E-state index contributed by atoms with van der Waals surface area (Å²) in [5, 5.41) is 11.3. The number of aliphatic imine (C=N–C) groups is 1. The van der Waals surface area contributed by atoms with Gasteiger partial charge in [-0.2, -0.15) is 0 Å². The van der Waals surface area contributed by atoms with Crippen LogP contribution in [0.15, 0.2) is 94.6 Å². The number of aliphatic hydroxyl groups is 1. The molecule has 0 amide bonds. The monoisotopic (exact) mass is 825 g/mol. The molecule has 2 aliphatic rings. The van der Waals surface area contributed by atoms with Crippen LogP contribution in [0.5, 0.6) is 11.8 Å². The van der Waals surface area contributed by atoms with Gasteiger partial charge in [0.05, 0.1) is 41.5 Å². The van der Waals surface area contributed by atoms with Crippen molar-refractivity contribution >= 4 is 46.4 Å². The molecule has 0 unspecified atom stereocenters. The second-order valence-corrected chi connectivity index (χ2v) is 13.8. The standard InChI is InChI=1S/C22H23ClN2O4.C22H22N2O4.CH4.H3N/c1-3-24-12-18(22(27)28-4-2)21(26)17-11-20(25-13-19(17)23)29-16-9-14-7-5-6-8-15(14)10-16;1-3-24-13-18(22(26)27-4-2)21(25)17-11-20(23-12-19(17)24)28-16-9-14-7-5-6-8-15(14)10-16;;/h5-8,11-13,16,26H,3-4,9-10H2,1-2H3;5-8,11-13,16H,3-4,9-10H2,1-2H3;1H4;1H3. The average molecular weight is 826 g/mol. The Morgan fingerprint density at radius 1 is 0.831 bits per heavy atom. The van der Waals surface area contributed by atoms with Crippen LogP contribution in [0.25, 0.3) is 16.7 Å². The number of aliphatic hydroxyl groups excluding tert-OH is 1. The molecule has 3 heterocycles. The molecule has 13 nitrogen and oxygen atoms in total. The number of rotatable bonds is 12. The van der Waals surface area contributed by atoms with Gasteiger partial charge in [0.25, 0.3) is 0 Å². The summed E-state index contributed by atoms with van der Waals surface area (Å²) in [5.74, 6) is -0.894. The first kappa shape index (κ1) is 45.6. The fourth-order valence-corrected chi connectivity index (χ4v) is 7.10. The Bertz CT molecular complexity index is 2340. The largest absolute Gasteiger partial charge is 0.506 e. The summed E-state index contributed by atoms with van der Waals surface area (Å²) in [6.07, 6.45) is 9.00. The lowest BCUT2D eigenvalue weighted by atomic mass is 10.1. The first-order valence-corrected chi connectivity index (χ1v) is 19.4. The minimum Gasteiger partial charge on any atom is -0.506 e. The first-order valence-electron chi connectivity index (χ1n) is 19.1. The Labute approximate surface area is 349 Å². The van der Waals surface area contributed by atoms with Crippen molar-refractivity contribution in [2.75, 3.05) is 19.8 Å². The molecule has 2 aliphatic carbocycles. The highest BCUT2D eigenvalue weighted by Crippen LogP contribution is 2.30. The number of fused-ring (bicyclic) bond motifs is 3. The fraction of sp³-hybridized carbons (Fsp3) is 0.333. The lowest BCUT2D eigenvalue weighted by Crippen LogP contribution is -2.21. The second kappa shape index (κ2) is 21.1. The number of ether oxygens (including phenoxy) is 4. The van der Waals surface area contributed by atoms with Crippen molar-refractivity contribution in [3.05, 3.63) is 133 Å². The lowest BCUT2D eigenvalue weighted by molar-refractivity contribution is -0.137. The number of aromatic nitrogens is 3. The Kier molecular flexibility index (Phi) is 16.3. The van der Waals surface area contributed by atoms with Crippen LogP contribution >= 0.6 is 11.6 Å². The molecule has 7 rings (SSSR count). The van der Waals surface area contributed by atoms with E-state index in [9.17, 15) is 19.5 Å². The summed E-state index contributed by atoms with van der Waals surface area (Å²) in [6.45, 7) is 8.62. The number of hydrogen-bond donors (Lipinski definition) is 2. The van der Waals surface area contributed by atoms with Gasteiger partial charge in [0, 0.05) is 68.9 Å². The normalized spacial score (nSPS) is 13.6. The van der Waals surface area contributed by atoms with Crippen molar-refractivity contribution < 1.29 is 33.6 Å². The minimum atomic E-state index is -0.677. The number of aryl methyl sites for hydroxylation is 1. The quantitative estimate of drug-likeness (QED) is 0.0535. The molecule has 3 aromatic heterocycles. The third-order valence-electron chi connectivity index (χ3n) is 9.62. The zero-order chi connectivity index (χ0) is 40.5. The molecule has 59 heavy (non-hydrogen) atoms. The number of carbonyl (C=O) groups excluding carboxylic acids is 2. The highest BCUT2D eigenvalue weighted by atomic mass is 35.5. The van der Waals surface area contributed by atoms with Gasteiger partial charge in [-0.3, -0.25) is 9.79 Å². The highest BCUT2D eigenvalue weighted by Gasteiger charge is 2.26. The number of esters is 2. The molecule has 14 heteroatoms. The summed E-state index contributed by atoms with van der Waals surface area (Å²) in [6, 6.07) is 19.6. The van der Waals surface area contributed by atoms with Crippen molar-refractivity contribution in [2.45, 2.75) is 79.6 Å². The number of halogens is 1. The van der Waals surface area contributed by atoms with Crippen LogP contribution in [0.3, 0.4) is 0 Å². The molecule has 2 aromatic carbocycles. The predicted molar refractivity (Wildman–Crippen MR) is 230 cm³/mol. The number of hydrogen-bond acceptors (Lipinski definition) is 12. The van der Waals surface area contributed by atoms with Gasteiger partial charge in [-0.15, -0.1) is 0 Å².